The normalized spacial score (nSPS) is 18.2. The molecule has 4 heterocycles. The third-order valence-electron chi connectivity index (χ3n) is 7.98. The van der Waals surface area contributed by atoms with Crippen LogP contribution in [0.1, 0.15) is 35.4 Å². The predicted octanol–water partition coefficient (Wildman–Crippen LogP) is 3.44. The molecule has 0 spiro atoms. The summed E-state index contributed by atoms with van der Waals surface area (Å²) in [4.78, 5) is 50.1. The number of oxazole rings is 1. The summed E-state index contributed by atoms with van der Waals surface area (Å²) in [7, 11) is 1.51. The highest BCUT2D eigenvalue weighted by atomic mass is 16.5. The minimum Gasteiger partial charge on any atom is -0.504 e. The molecule has 6 rings (SSSR count). The number of aryl methyl sites for hydroxylation is 2. The van der Waals surface area contributed by atoms with Gasteiger partial charge in [-0.3, -0.25) is 19.4 Å². The standard InChI is InChI=1S/C33H33N5O7/c1-19-24-17-35-32(42)25-15-23(36-30(40)13-21-4-3-11-34-16-21)18-38(25)31(41)10-6-20-5-8-26(39)28(12-20)45-29-14-22(33(37-24)44-19)7-9-27(29)43-2/h3-5,7-9,11-12,14,16,23,25,39H,6,10,13,15,17-18H2,1-2H3,(H,35,42)(H,36,40)/t23-,25-/m0/s1. The second-order valence-electron chi connectivity index (χ2n) is 11.1. The average molecular weight is 612 g/mol. The molecule has 2 aromatic heterocycles. The lowest BCUT2D eigenvalue weighted by Gasteiger charge is -2.24. The van der Waals surface area contributed by atoms with Gasteiger partial charge in [-0.15, -0.1) is 0 Å². The molecule has 0 saturated carbocycles. The summed E-state index contributed by atoms with van der Waals surface area (Å²) in [5, 5.41) is 16.5. The van der Waals surface area contributed by atoms with Crippen molar-refractivity contribution in [1.82, 2.24) is 25.5 Å². The predicted molar refractivity (Wildman–Crippen MR) is 162 cm³/mol. The van der Waals surface area contributed by atoms with E-state index in [-0.39, 0.29) is 61.6 Å². The van der Waals surface area contributed by atoms with Gasteiger partial charge < -0.3 is 34.5 Å². The van der Waals surface area contributed by atoms with Crippen molar-refractivity contribution < 1.29 is 33.4 Å². The smallest absolute Gasteiger partial charge is 0.243 e. The van der Waals surface area contributed by atoms with E-state index in [9.17, 15) is 19.5 Å². The Balaban J connectivity index is 1.29. The van der Waals surface area contributed by atoms with Gasteiger partial charge in [-0.25, -0.2) is 4.98 Å². The second kappa shape index (κ2) is 12.7. The number of benzene rings is 2. The summed E-state index contributed by atoms with van der Waals surface area (Å²) >= 11 is 0. The third-order valence-corrected chi connectivity index (χ3v) is 7.98. The van der Waals surface area contributed by atoms with Crippen LogP contribution in [0.15, 0.2) is 65.3 Å². The topological polar surface area (TPSA) is 156 Å². The summed E-state index contributed by atoms with van der Waals surface area (Å²) in [5.74, 6) is 0.930. The lowest BCUT2D eigenvalue weighted by Crippen LogP contribution is -2.46. The molecule has 3 N–H and O–H groups in total. The van der Waals surface area contributed by atoms with Gasteiger partial charge in [-0.2, -0.15) is 0 Å². The van der Waals surface area contributed by atoms with Gasteiger partial charge >= 0.3 is 0 Å². The van der Waals surface area contributed by atoms with E-state index in [4.69, 9.17) is 13.9 Å². The van der Waals surface area contributed by atoms with Crippen LogP contribution in [0, 0.1) is 6.92 Å². The Kier molecular flexibility index (Phi) is 8.37. The number of carbonyl (C=O) groups excluding carboxylic acids is 3. The van der Waals surface area contributed by atoms with Crippen molar-refractivity contribution in [2.75, 3.05) is 13.7 Å². The maximum atomic E-state index is 13.6. The number of hydrogen-bond acceptors (Lipinski definition) is 9. The molecule has 6 bridgehead atoms. The first kappa shape index (κ1) is 29.7. The molecule has 12 nitrogen and oxygen atoms in total. The molecule has 232 valence electrons. The van der Waals surface area contributed by atoms with Crippen molar-refractivity contribution in [3.63, 3.8) is 0 Å². The first-order valence-electron chi connectivity index (χ1n) is 14.7. The highest BCUT2D eigenvalue weighted by Gasteiger charge is 2.40. The SMILES string of the molecule is COc1ccc2cc1Oc1cc(ccc1O)CCC(=O)N1C[C@@H](NC(=O)Cc3cccnc3)C[C@H]1C(=O)NCc1nc-2oc1C. The molecule has 0 aliphatic carbocycles. The summed E-state index contributed by atoms with van der Waals surface area (Å²) in [5.41, 5.74) is 2.66. The maximum Gasteiger partial charge on any atom is 0.243 e. The Morgan fingerprint density at radius 1 is 1.16 bits per heavy atom. The van der Waals surface area contributed by atoms with Gasteiger partial charge in [0, 0.05) is 37.0 Å². The molecule has 12 heteroatoms. The minimum absolute atomic E-state index is 0.0812. The minimum atomic E-state index is -0.783. The average Bonchev–Trinajstić information content (AvgIpc) is 3.63. The molecule has 0 radical (unpaired) electrons. The monoisotopic (exact) mass is 611 g/mol. The number of fused-ring (bicyclic) bond motifs is 8. The van der Waals surface area contributed by atoms with Crippen LogP contribution >= 0.6 is 0 Å². The van der Waals surface area contributed by atoms with E-state index in [1.54, 1.807) is 55.7 Å². The number of nitrogens with zero attached hydrogens (tertiary/aromatic N) is 3. The number of aromatic nitrogens is 2. The molecular formula is C33H33N5O7. The fraction of sp³-hybridized carbons (Fsp3) is 0.303. The molecular weight excluding hydrogens is 578 g/mol. The first-order valence-corrected chi connectivity index (χ1v) is 14.7. The number of phenols is 1. The number of hydrogen-bond donors (Lipinski definition) is 3. The van der Waals surface area contributed by atoms with Gasteiger partial charge in [0.15, 0.2) is 23.0 Å². The molecule has 1 fully saturated rings. The van der Waals surface area contributed by atoms with E-state index < -0.39 is 12.1 Å². The highest BCUT2D eigenvalue weighted by Crippen LogP contribution is 2.39. The van der Waals surface area contributed by atoms with Crippen LogP contribution in [0.25, 0.3) is 11.5 Å². The van der Waals surface area contributed by atoms with Crippen molar-refractivity contribution in [3.05, 3.63) is 83.5 Å². The third kappa shape index (κ3) is 6.59. The summed E-state index contributed by atoms with van der Waals surface area (Å²) in [6, 6.07) is 12.5. The number of nitrogens with one attached hydrogen (secondary N) is 2. The maximum absolute atomic E-state index is 13.6. The van der Waals surface area contributed by atoms with Crippen molar-refractivity contribution in [2.24, 2.45) is 0 Å². The number of rotatable bonds is 4. The molecule has 3 amide bonds. The molecule has 0 unspecified atom stereocenters. The zero-order valence-corrected chi connectivity index (χ0v) is 24.9. The molecule has 2 atom stereocenters. The number of pyridine rings is 1. The molecule has 2 aliphatic heterocycles. The van der Waals surface area contributed by atoms with Crippen molar-refractivity contribution in [2.45, 2.75) is 51.2 Å². The molecule has 2 aliphatic rings. The zero-order valence-electron chi connectivity index (χ0n) is 24.9. The van der Waals surface area contributed by atoms with Gasteiger partial charge in [0.25, 0.3) is 0 Å². The van der Waals surface area contributed by atoms with Crippen molar-refractivity contribution in [3.8, 4) is 34.5 Å². The largest absolute Gasteiger partial charge is 0.504 e. The summed E-state index contributed by atoms with van der Waals surface area (Å²) < 4.78 is 17.5. The van der Waals surface area contributed by atoms with Crippen LogP contribution in [0.5, 0.6) is 23.0 Å². The van der Waals surface area contributed by atoms with Crippen LogP contribution in [-0.2, 0) is 33.8 Å². The van der Waals surface area contributed by atoms with Crippen molar-refractivity contribution in [1.29, 1.82) is 0 Å². The van der Waals surface area contributed by atoms with Crippen LogP contribution in [0.3, 0.4) is 0 Å². The van der Waals surface area contributed by atoms with Gasteiger partial charge in [0.05, 0.1) is 20.1 Å². The molecule has 45 heavy (non-hydrogen) atoms. The van der Waals surface area contributed by atoms with Gasteiger partial charge in [-0.1, -0.05) is 12.1 Å². The Bertz CT molecular complexity index is 1740. The zero-order chi connectivity index (χ0) is 31.5. The summed E-state index contributed by atoms with van der Waals surface area (Å²) in [6.07, 6.45) is 4.13. The fourth-order valence-corrected chi connectivity index (χ4v) is 5.63. The fourth-order valence-electron chi connectivity index (χ4n) is 5.63. The Labute approximate surface area is 259 Å². The van der Waals surface area contributed by atoms with E-state index in [0.29, 0.717) is 40.8 Å². The Morgan fingerprint density at radius 3 is 2.82 bits per heavy atom. The lowest BCUT2D eigenvalue weighted by atomic mass is 10.1. The molecule has 2 aromatic carbocycles. The number of aromatic hydroxyl groups is 1. The highest BCUT2D eigenvalue weighted by molar-refractivity contribution is 5.89. The summed E-state index contributed by atoms with van der Waals surface area (Å²) in [6.45, 7) is 2.04. The van der Waals surface area contributed by atoms with Gasteiger partial charge in [0.1, 0.15) is 17.5 Å². The van der Waals surface area contributed by atoms with E-state index in [1.807, 2.05) is 6.07 Å². The van der Waals surface area contributed by atoms with E-state index in [2.05, 4.69) is 20.6 Å². The number of amides is 3. The van der Waals surface area contributed by atoms with Crippen LogP contribution < -0.4 is 20.1 Å². The van der Waals surface area contributed by atoms with Crippen LogP contribution in [0.4, 0.5) is 0 Å². The quantitative estimate of drug-likeness (QED) is 0.315. The van der Waals surface area contributed by atoms with Crippen LogP contribution in [0.2, 0.25) is 0 Å². The molecule has 4 aromatic rings. The van der Waals surface area contributed by atoms with Crippen molar-refractivity contribution >= 4 is 17.7 Å². The number of methoxy groups -OCH3 is 1. The first-order chi connectivity index (χ1) is 21.8. The Hall–Kier alpha value is -5.39. The van der Waals surface area contributed by atoms with E-state index in [1.165, 1.54) is 18.1 Å². The van der Waals surface area contributed by atoms with E-state index >= 15 is 0 Å². The van der Waals surface area contributed by atoms with E-state index in [0.717, 1.165) is 11.1 Å². The molecule has 1 saturated heterocycles. The number of carbonyl (C=O) groups is 3. The number of ether oxygens (including phenoxy) is 2. The van der Waals surface area contributed by atoms with Gasteiger partial charge in [0.2, 0.25) is 23.6 Å². The second-order valence-corrected chi connectivity index (χ2v) is 11.1. The lowest BCUT2D eigenvalue weighted by molar-refractivity contribution is -0.138. The van der Waals surface area contributed by atoms with Crippen LogP contribution in [-0.4, -0.2) is 63.4 Å². The van der Waals surface area contributed by atoms with Gasteiger partial charge in [-0.05, 0) is 67.3 Å². The number of phenolic OH excluding ortho intramolecular Hbond substituents is 1. The Morgan fingerprint density at radius 2 is 2.02 bits per heavy atom.